The van der Waals surface area contributed by atoms with Crippen molar-refractivity contribution in [1.29, 1.82) is 0 Å². The molecule has 1 aromatic rings. The standard InChI is InChI=1S/C12H14BrNO4S/c13-8-5-9(19-7-8)1-2-11(15)14-3-4-18-6-10(14)12(16)17/h5,7,10H,1-4,6H2,(H,16,17)/t10-/m1/s1. The molecular weight excluding hydrogens is 334 g/mol. The van der Waals surface area contributed by atoms with E-state index in [1.54, 1.807) is 11.3 Å². The second kappa shape index (κ2) is 6.49. The van der Waals surface area contributed by atoms with Crippen LogP contribution in [0.3, 0.4) is 0 Å². The molecule has 0 spiro atoms. The van der Waals surface area contributed by atoms with E-state index in [0.717, 1.165) is 9.35 Å². The third-order valence-electron chi connectivity index (χ3n) is 2.94. The van der Waals surface area contributed by atoms with Crippen LogP contribution in [0, 0.1) is 0 Å². The highest BCUT2D eigenvalue weighted by Gasteiger charge is 2.32. The van der Waals surface area contributed by atoms with Crippen molar-refractivity contribution < 1.29 is 19.4 Å². The van der Waals surface area contributed by atoms with Gasteiger partial charge in [-0.15, -0.1) is 11.3 Å². The molecule has 1 aromatic heterocycles. The number of carbonyl (C=O) groups excluding carboxylic acids is 1. The minimum atomic E-state index is -1.01. The molecule has 1 amide bonds. The van der Waals surface area contributed by atoms with Crippen LogP contribution in [-0.4, -0.2) is 47.7 Å². The van der Waals surface area contributed by atoms with Crippen LogP contribution >= 0.6 is 27.3 Å². The first-order valence-electron chi connectivity index (χ1n) is 5.91. The Bertz CT molecular complexity index is 476. The summed E-state index contributed by atoms with van der Waals surface area (Å²) in [6.45, 7) is 0.829. The number of ether oxygens (including phenoxy) is 1. The lowest BCUT2D eigenvalue weighted by molar-refractivity contribution is -0.158. The van der Waals surface area contributed by atoms with Gasteiger partial charge in [0.1, 0.15) is 0 Å². The van der Waals surface area contributed by atoms with Gasteiger partial charge in [-0.25, -0.2) is 4.79 Å². The monoisotopic (exact) mass is 347 g/mol. The van der Waals surface area contributed by atoms with Crippen LogP contribution < -0.4 is 0 Å². The summed E-state index contributed by atoms with van der Waals surface area (Å²) >= 11 is 4.95. The smallest absolute Gasteiger partial charge is 0.328 e. The average molecular weight is 348 g/mol. The molecule has 2 rings (SSSR count). The number of carbonyl (C=O) groups is 2. The summed E-state index contributed by atoms with van der Waals surface area (Å²) in [7, 11) is 0. The zero-order valence-corrected chi connectivity index (χ0v) is 12.6. The average Bonchev–Trinajstić information content (AvgIpc) is 2.81. The maximum Gasteiger partial charge on any atom is 0.328 e. The molecule has 1 fully saturated rings. The Kier molecular flexibility index (Phi) is 4.95. The fourth-order valence-corrected chi connectivity index (χ4v) is 3.42. The van der Waals surface area contributed by atoms with Gasteiger partial charge in [-0.1, -0.05) is 0 Å². The largest absolute Gasteiger partial charge is 0.480 e. The second-order valence-electron chi connectivity index (χ2n) is 4.25. The number of amides is 1. The van der Waals surface area contributed by atoms with Crippen molar-refractivity contribution >= 4 is 39.1 Å². The third kappa shape index (κ3) is 3.77. The van der Waals surface area contributed by atoms with Gasteiger partial charge in [0.15, 0.2) is 6.04 Å². The highest BCUT2D eigenvalue weighted by atomic mass is 79.9. The Balaban J connectivity index is 1.92. The summed E-state index contributed by atoms with van der Waals surface area (Å²) in [6.07, 6.45) is 0.968. The Hall–Kier alpha value is -0.920. The summed E-state index contributed by atoms with van der Waals surface area (Å²) < 4.78 is 6.12. The Morgan fingerprint density at radius 1 is 1.58 bits per heavy atom. The van der Waals surface area contributed by atoms with E-state index in [4.69, 9.17) is 9.84 Å². The van der Waals surface area contributed by atoms with Crippen LogP contribution in [0.15, 0.2) is 15.9 Å². The van der Waals surface area contributed by atoms with Crippen LogP contribution in [0.1, 0.15) is 11.3 Å². The Labute approximate surface area is 123 Å². The first-order chi connectivity index (χ1) is 9.08. The molecule has 0 aromatic carbocycles. The predicted molar refractivity (Wildman–Crippen MR) is 74.3 cm³/mol. The first-order valence-corrected chi connectivity index (χ1v) is 7.58. The van der Waals surface area contributed by atoms with Crippen LogP contribution in [-0.2, 0) is 20.7 Å². The lowest BCUT2D eigenvalue weighted by atomic mass is 10.2. The fraction of sp³-hybridized carbons (Fsp3) is 0.500. The molecule has 2 heterocycles. The molecule has 0 unspecified atom stereocenters. The van der Waals surface area contributed by atoms with Crippen LogP contribution in [0.4, 0.5) is 0 Å². The fourth-order valence-electron chi connectivity index (χ4n) is 1.97. The molecule has 19 heavy (non-hydrogen) atoms. The SMILES string of the molecule is O=C(O)[C@H]1COCCN1C(=O)CCc1cc(Br)cs1. The first kappa shape index (κ1) is 14.5. The second-order valence-corrected chi connectivity index (χ2v) is 6.16. The van der Waals surface area contributed by atoms with E-state index in [0.29, 0.717) is 26.0 Å². The minimum absolute atomic E-state index is 0.0750. The maximum atomic E-state index is 12.1. The molecular formula is C12H14BrNO4S. The van der Waals surface area contributed by atoms with Gasteiger partial charge in [-0.2, -0.15) is 0 Å². The summed E-state index contributed by atoms with van der Waals surface area (Å²) in [5.74, 6) is -1.13. The predicted octanol–water partition coefficient (Wildman–Crippen LogP) is 1.76. The normalized spacial score (nSPS) is 19.4. The highest BCUT2D eigenvalue weighted by Crippen LogP contribution is 2.21. The van der Waals surface area contributed by atoms with Crippen molar-refractivity contribution in [3.63, 3.8) is 0 Å². The number of aliphatic carboxylic acids is 1. The summed E-state index contributed by atoms with van der Waals surface area (Å²) in [4.78, 5) is 25.7. The molecule has 0 bridgehead atoms. The molecule has 1 aliphatic rings. The lowest BCUT2D eigenvalue weighted by Crippen LogP contribution is -2.52. The topological polar surface area (TPSA) is 66.8 Å². The zero-order chi connectivity index (χ0) is 13.8. The number of carboxylic acids is 1. The number of rotatable bonds is 4. The van der Waals surface area contributed by atoms with Crippen molar-refractivity contribution in [3.05, 3.63) is 20.8 Å². The van der Waals surface area contributed by atoms with Gasteiger partial charge in [0.2, 0.25) is 5.91 Å². The molecule has 0 saturated carbocycles. The zero-order valence-electron chi connectivity index (χ0n) is 10.2. The summed E-state index contributed by atoms with van der Waals surface area (Å²) in [6, 6.07) is 1.13. The number of thiophene rings is 1. The number of nitrogens with zero attached hydrogens (tertiary/aromatic N) is 1. The quantitative estimate of drug-likeness (QED) is 0.900. The van der Waals surface area contributed by atoms with E-state index in [1.807, 2.05) is 11.4 Å². The number of carboxylic acid groups (broad SMARTS) is 1. The van der Waals surface area contributed by atoms with Gasteiger partial charge in [0.25, 0.3) is 0 Å². The van der Waals surface area contributed by atoms with Gasteiger partial charge < -0.3 is 14.7 Å². The van der Waals surface area contributed by atoms with E-state index in [2.05, 4.69) is 15.9 Å². The number of aryl methyl sites for hydroxylation is 1. The van der Waals surface area contributed by atoms with Crippen molar-refractivity contribution in [3.8, 4) is 0 Å². The van der Waals surface area contributed by atoms with Crippen LogP contribution in [0.5, 0.6) is 0 Å². The maximum absolute atomic E-state index is 12.1. The van der Waals surface area contributed by atoms with Crippen molar-refractivity contribution in [2.24, 2.45) is 0 Å². The van der Waals surface area contributed by atoms with Crippen LogP contribution in [0.2, 0.25) is 0 Å². The minimum Gasteiger partial charge on any atom is -0.480 e. The molecule has 0 aliphatic carbocycles. The molecule has 0 radical (unpaired) electrons. The lowest BCUT2D eigenvalue weighted by Gasteiger charge is -2.32. The van der Waals surface area contributed by atoms with E-state index in [-0.39, 0.29) is 12.5 Å². The molecule has 5 nitrogen and oxygen atoms in total. The van der Waals surface area contributed by atoms with Gasteiger partial charge in [-0.3, -0.25) is 4.79 Å². The third-order valence-corrected chi connectivity index (χ3v) is 4.70. The van der Waals surface area contributed by atoms with Gasteiger partial charge in [0, 0.05) is 27.7 Å². The molecule has 1 aliphatic heterocycles. The van der Waals surface area contributed by atoms with E-state index in [9.17, 15) is 9.59 Å². The van der Waals surface area contributed by atoms with E-state index in [1.165, 1.54) is 4.90 Å². The number of halogens is 1. The number of morpholine rings is 1. The molecule has 7 heteroatoms. The van der Waals surface area contributed by atoms with Crippen molar-refractivity contribution in [2.75, 3.05) is 19.8 Å². The van der Waals surface area contributed by atoms with Crippen molar-refractivity contribution in [2.45, 2.75) is 18.9 Å². The summed E-state index contributed by atoms with van der Waals surface area (Å²) in [5, 5.41) is 11.0. The van der Waals surface area contributed by atoms with Crippen molar-refractivity contribution in [1.82, 2.24) is 4.90 Å². The van der Waals surface area contributed by atoms with E-state index >= 15 is 0 Å². The Morgan fingerprint density at radius 2 is 2.37 bits per heavy atom. The molecule has 104 valence electrons. The van der Waals surface area contributed by atoms with Gasteiger partial charge in [-0.05, 0) is 28.4 Å². The highest BCUT2D eigenvalue weighted by molar-refractivity contribution is 9.10. The molecule has 1 saturated heterocycles. The summed E-state index contributed by atoms with van der Waals surface area (Å²) in [5.41, 5.74) is 0. The number of hydrogen-bond donors (Lipinski definition) is 1. The van der Waals surface area contributed by atoms with Crippen LogP contribution in [0.25, 0.3) is 0 Å². The van der Waals surface area contributed by atoms with Gasteiger partial charge in [0.05, 0.1) is 13.2 Å². The number of hydrogen-bond acceptors (Lipinski definition) is 4. The molecule has 1 atom stereocenters. The van der Waals surface area contributed by atoms with E-state index < -0.39 is 12.0 Å². The Morgan fingerprint density at radius 3 is 3.00 bits per heavy atom. The van der Waals surface area contributed by atoms with Gasteiger partial charge >= 0.3 is 5.97 Å². The molecule has 1 N–H and O–H groups in total.